The van der Waals surface area contributed by atoms with Crippen LogP contribution in [-0.4, -0.2) is 25.0 Å². The Bertz CT molecular complexity index is 418. The Hall–Kier alpha value is -1.42. The van der Waals surface area contributed by atoms with Gasteiger partial charge in [0.1, 0.15) is 11.6 Å². The van der Waals surface area contributed by atoms with Gasteiger partial charge in [0.05, 0.1) is 0 Å². The molecule has 0 saturated heterocycles. The maximum Gasteiger partial charge on any atom is 0.135 e. The van der Waals surface area contributed by atoms with Crippen molar-refractivity contribution in [1.29, 1.82) is 0 Å². The molecular weight excluding hydrogens is 210 g/mol. The minimum atomic E-state index is -0.576. The molecule has 0 unspecified atom stereocenters. The van der Waals surface area contributed by atoms with Crippen molar-refractivity contribution in [3.05, 3.63) is 35.4 Å². The summed E-state index contributed by atoms with van der Waals surface area (Å²) in [5.41, 5.74) is 6.29. The summed E-state index contributed by atoms with van der Waals surface area (Å²) in [5.74, 6) is -1.15. The van der Waals surface area contributed by atoms with Gasteiger partial charge in [-0.25, -0.2) is 8.78 Å². The Morgan fingerprint density at radius 3 is 2.38 bits per heavy atom. The van der Waals surface area contributed by atoms with E-state index < -0.39 is 11.6 Å². The van der Waals surface area contributed by atoms with Crippen LogP contribution in [0.5, 0.6) is 0 Å². The average Bonchev–Trinajstić information content (AvgIpc) is 2.19. The highest BCUT2D eigenvalue weighted by atomic mass is 19.1. The van der Waals surface area contributed by atoms with E-state index in [0.717, 1.165) is 30.8 Å². The molecule has 0 aliphatic carbocycles. The molecule has 0 radical (unpaired) electrons. The number of nitrogen functional groups attached to an aromatic ring is 1. The smallest absolute Gasteiger partial charge is 0.135 e. The monoisotopic (exact) mass is 224 g/mol. The topological polar surface area (TPSA) is 29.3 Å². The molecular formula is C12H14F2N2. The molecule has 1 heterocycles. The molecule has 2 nitrogen and oxygen atoms in total. The number of rotatable bonds is 1. The van der Waals surface area contributed by atoms with Gasteiger partial charge in [0, 0.05) is 24.3 Å². The number of benzene rings is 1. The standard InChI is InChI=1S/C12H14F2N2/c1-16-4-2-8(3-5-16)12-10(13)6-9(15)7-11(12)14/h2,6-7H,3-5,15H2,1H3. The number of nitrogens with two attached hydrogens (primary N) is 1. The first-order valence-electron chi connectivity index (χ1n) is 5.20. The van der Waals surface area contributed by atoms with E-state index in [9.17, 15) is 8.78 Å². The summed E-state index contributed by atoms with van der Waals surface area (Å²) in [4.78, 5) is 2.09. The highest BCUT2D eigenvalue weighted by molar-refractivity contribution is 5.69. The predicted molar refractivity (Wildman–Crippen MR) is 60.9 cm³/mol. The molecule has 1 aliphatic heterocycles. The molecule has 0 amide bonds. The van der Waals surface area contributed by atoms with Crippen LogP contribution in [-0.2, 0) is 0 Å². The zero-order valence-corrected chi connectivity index (χ0v) is 9.13. The number of halogens is 2. The molecule has 2 N–H and O–H groups in total. The SMILES string of the molecule is CN1CC=C(c2c(F)cc(N)cc2F)CC1. The molecule has 2 rings (SSSR count). The van der Waals surface area contributed by atoms with Gasteiger partial charge in [0.25, 0.3) is 0 Å². The van der Waals surface area contributed by atoms with Gasteiger partial charge in [-0.2, -0.15) is 0 Å². The molecule has 0 bridgehead atoms. The third-order valence-corrected chi connectivity index (χ3v) is 2.80. The number of likely N-dealkylation sites (N-methyl/N-ethyl adjacent to an activating group) is 1. The van der Waals surface area contributed by atoms with Crippen LogP contribution in [0.1, 0.15) is 12.0 Å². The first-order valence-corrected chi connectivity index (χ1v) is 5.20. The van der Waals surface area contributed by atoms with Crippen LogP contribution in [0, 0.1) is 11.6 Å². The number of nitrogens with zero attached hydrogens (tertiary/aromatic N) is 1. The molecule has 1 aromatic rings. The maximum atomic E-state index is 13.6. The first kappa shape index (κ1) is 11.1. The van der Waals surface area contributed by atoms with Crippen molar-refractivity contribution in [3.63, 3.8) is 0 Å². The van der Waals surface area contributed by atoms with Crippen molar-refractivity contribution in [2.75, 3.05) is 25.9 Å². The summed E-state index contributed by atoms with van der Waals surface area (Å²) < 4.78 is 27.2. The second kappa shape index (κ2) is 4.22. The second-order valence-corrected chi connectivity index (χ2v) is 4.10. The highest BCUT2D eigenvalue weighted by Crippen LogP contribution is 2.28. The Labute approximate surface area is 93.4 Å². The Morgan fingerprint density at radius 2 is 1.88 bits per heavy atom. The van der Waals surface area contributed by atoms with E-state index in [4.69, 9.17) is 5.73 Å². The van der Waals surface area contributed by atoms with Crippen LogP contribution in [0.4, 0.5) is 14.5 Å². The summed E-state index contributed by atoms with van der Waals surface area (Å²) in [7, 11) is 1.98. The molecule has 1 aromatic carbocycles. The van der Waals surface area contributed by atoms with Gasteiger partial charge in [-0.05, 0) is 31.2 Å². The minimum Gasteiger partial charge on any atom is -0.399 e. The summed E-state index contributed by atoms with van der Waals surface area (Å²) >= 11 is 0. The van der Waals surface area contributed by atoms with Crippen molar-refractivity contribution in [2.45, 2.75) is 6.42 Å². The van der Waals surface area contributed by atoms with E-state index >= 15 is 0 Å². The Balaban J connectivity index is 2.41. The molecule has 0 atom stereocenters. The lowest BCUT2D eigenvalue weighted by molar-refractivity contribution is 0.369. The van der Waals surface area contributed by atoms with Crippen molar-refractivity contribution >= 4 is 11.3 Å². The van der Waals surface area contributed by atoms with Crippen LogP contribution in [0.2, 0.25) is 0 Å². The van der Waals surface area contributed by atoms with Crippen molar-refractivity contribution < 1.29 is 8.78 Å². The minimum absolute atomic E-state index is 0.0716. The fraction of sp³-hybridized carbons (Fsp3) is 0.333. The van der Waals surface area contributed by atoms with Crippen molar-refractivity contribution in [1.82, 2.24) is 4.90 Å². The van der Waals surface area contributed by atoms with Gasteiger partial charge in [-0.3, -0.25) is 0 Å². The summed E-state index contributed by atoms with van der Waals surface area (Å²) in [6.45, 7) is 1.54. The van der Waals surface area contributed by atoms with E-state index in [1.165, 1.54) is 0 Å². The van der Waals surface area contributed by atoms with Crippen molar-refractivity contribution in [3.8, 4) is 0 Å². The van der Waals surface area contributed by atoms with Crippen LogP contribution in [0.15, 0.2) is 18.2 Å². The Kier molecular flexibility index (Phi) is 2.92. The zero-order valence-electron chi connectivity index (χ0n) is 9.13. The van der Waals surface area contributed by atoms with Gasteiger partial charge in [-0.1, -0.05) is 6.08 Å². The summed E-state index contributed by atoms with van der Waals surface area (Å²) in [5, 5.41) is 0. The van der Waals surface area contributed by atoms with Gasteiger partial charge >= 0.3 is 0 Å². The third kappa shape index (κ3) is 2.07. The zero-order chi connectivity index (χ0) is 11.7. The van der Waals surface area contributed by atoms with Gasteiger partial charge < -0.3 is 10.6 Å². The average molecular weight is 224 g/mol. The van der Waals surface area contributed by atoms with Crippen molar-refractivity contribution in [2.24, 2.45) is 0 Å². The molecule has 0 saturated carbocycles. The number of hydrogen-bond donors (Lipinski definition) is 1. The summed E-state index contributed by atoms with van der Waals surface area (Å²) in [6.07, 6.45) is 2.52. The largest absolute Gasteiger partial charge is 0.399 e. The number of anilines is 1. The molecule has 1 aliphatic rings. The van der Waals surface area contributed by atoms with E-state index in [0.29, 0.717) is 6.42 Å². The Morgan fingerprint density at radius 1 is 1.25 bits per heavy atom. The lowest BCUT2D eigenvalue weighted by Gasteiger charge is -2.22. The van der Waals surface area contributed by atoms with E-state index in [-0.39, 0.29) is 11.3 Å². The van der Waals surface area contributed by atoms with Gasteiger partial charge in [0.15, 0.2) is 0 Å². The van der Waals surface area contributed by atoms with Crippen LogP contribution in [0.25, 0.3) is 5.57 Å². The lowest BCUT2D eigenvalue weighted by Crippen LogP contribution is -2.24. The molecule has 86 valence electrons. The van der Waals surface area contributed by atoms with E-state index in [2.05, 4.69) is 4.90 Å². The van der Waals surface area contributed by atoms with E-state index in [1.807, 2.05) is 13.1 Å². The van der Waals surface area contributed by atoms with Crippen LogP contribution in [0.3, 0.4) is 0 Å². The third-order valence-electron chi connectivity index (χ3n) is 2.80. The van der Waals surface area contributed by atoms with Gasteiger partial charge in [-0.15, -0.1) is 0 Å². The highest BCUT2D eigenvalue weighted by Gasteiger charge is 2.17. The molecule has 16 heavy (non-hydrogen) atoms. The van der Waals surface area contributed by atoms with Gasteiger partial charge in [0.2, 0.25) is 0 Å². The quantitative estimate of drug-likeness (QED) is 0.741. The molecule has 0 fully saturated rings. The normalized spacial score (nSPS) is 17.3. The molecule has 4 heteroatoms. The van der Waals surface area contributed by atoms with Crippen LogP contribution < -0.4 is 5.73 Å². The first-order chi connectivity index (χ1) is 7.58. The lowest BCUT2D eigenvalue weighted by atomic mass is 9.98. The number of hydrogen-bond acceptors (Lipinski definition) is 2. The fourth-order valence-electron chi connectivity index (χ4n) is 1.90. The maximum absolute atomic E-state index is 13.6. The fourth-order valence-corrected chi connectivity index (χ4v) is 1.90. The molecule has 0 aromatic heterocycles. The molecule has 0 spiro atoms. The predicted octanol–water partition coefficient (Wildman–Crippen LogP) is 2.27. The summed E-state index contributed by atoms with van der Waals surface area (Å²) in [6, 6.07) is 2.33. The second-order valence-electron chi connectivity index (χ2n) is 4.10. The van der Waals surface area contributed by atoms with E-state index in [1.54, 1.807) is 0 Å². The van der Waals surface area contributed by atoms with Crippen LogP contribution >= 0.6 is 0 Å².